The number of nitrogens with zero attached hydrogens (tertiary/aromatic N) is 3. The minimum absolute atomic E-state index is 0.0991. The molecule has 0 unspecified atom stereocenters. The molecule has 0 radical (unpaired) electrons. The van der Waals surface area contributed by atoms with E-state index in [1.807, 2.05) is 19.1 Å². The van der Waals surface area contributed by atoms with Crippen LogP contribution in [-0.4, -0.2) is 34.4 Å². The molecule has 1 atom stereocenters. The Labute approximate surface area is 170 Å². The van der Waals surface area contributed by atoms with E-state index in [1.54, 1.807) is 11.0 Å². The van der Waals surface area contributed by atoms with Gasteiger partial charge >= 0.3 is 0 Å². The van der Waals surface area contributed by atoms with E-state index in [1.165, 1.54) is 18.3 Å². The zero-order chi connectivity index (χ0) is 20.6. The zero-order valence-electron chi connectivity index (χ0n) is 16.7. The Kier molecular flexibility index (Phi) is 7.27. The third kappa shape index (κ3) is 6.07. The Morgan fingerprint density at radius 2 is 2.00 bits per heavy atom. The molecule has 2 aromatic heterocycles. The summed E-state index contributed by atoms with van der Waals surface area (Å²) in [7, 11) is 0. The van der Waals surface area contributed by atoms with Crippen LogP contribution in [0.3, 0.4) is 0 Å². The van der Waals surface area contributed by atoms with Crippen molar-refractivity contribution in [3.05, 3.63) is 53.7 Å². The number of aryl methyl sites for hydroxylation is 1. The molecule has 1 aliphatic heterocycles. The molecule has 0 aliphatic carbocycles. The largest absolute Gasteiger partial charge is 0.348 e. The van der Waals surface area contributed by atoms with Gasteiger partial charge in [-0.05, 0) is 44.4 Å². The number of hydrogen-bond acceptors (Lipinski definition) is 4. The summed E-state index contributed by atoms with van der Waals surface area (Å²) in [5.41, 5.74) is 1.17. The van der Waals surface area contributed by atoms with Crippen molar-refractivity contribution >= 4 is 17.6 Å². The fourth-order valence-corrected chi connectivity index (χ4v) is 3.57. The van der Waals surface area contributed by atoms with Crippen LogP contribution >= 0.6 is 0 Å². The third-order valence-corrected chi connectivity index (χ3v) is 5.13. The van der Waals surface area contributed by atoms with Crippen molar-refractivity contribution in [2.24, 2.45) is 0 Å². The van der Waals surface area contributed by atoms with Crippen molar-refractivity contribution in [2.45, 2.75) is 57.9 Å². The highest BCUT2D eigenvalue weighted by Crippen LogP contribution is 2.19. The van der Waals surface area contributed by atoms with Gasteiger partial charge in [-0.3, -0.25) is 14.5 Å². The lowest BCUT2D eigenvalue weighted by atomic mass is 10.0. The maximum absolute atomic E-state index is 13.6. The second kappa shape index (κ2) is 10.1. The molecule has 7 heteroatoms. The molecule has 2 aromatic rings. The van der Waals surface area contributed by atoms with Crippen molar-refractivity contribution < 1.29 is 14.0 Å². The van der Waals surface area contributed by atoms with Crippen molar-refractivity contribution in [3.63, 3.8) is 0 Å². The Morgan fingerprint density at radius 1 is 1.17 bits per heavy atom. The summed E-state index contributed by atoms with van der Waals surface area (Å²) in [6.45, 7) is 2.37. The Hall–Kier alpha value is -2.83. The van der Waals surface area contributed by atoms with E-state index in [2.05, 4.69) is 15.3 Å². The summed E-state index contributed by atoms with van der Waals surface area (Å²) >= 11 is 0. The first-order valence-electron chi connectivity index (χ1n) is 10.2. The SMILES string of the molecule is Cc1cccc(C(=O)N[C@H]2CCCCCCN(c3cc(F)ccn3)C(=O)CC2)n1. The van der Waals surface area contributed by atoms with Gasteiger partial charge in [0, 0.05) is 37.0 Å². The van der Waals surface area contributed by atoms with E-state index in [4.69, 9.17) is 0 Å². The predicted octanol–water partition coefficient (Wildman–Crippen LogP) is 3.80. The second-order valence-corrected chi connectivity index (χ2v) is 7.45. The highest BCUT2D eigenvalue weighted by atomic mass is 19.1. The fourth-order valence-electron chi connectivity index (χ4n) is 3.57. The maximum atomic E-state index is 13.6. The normalized spacial score (nSPS) is 18.8. The first-order chi connectivity index (χ1) is 14.0. The molecule has 0 spiro atoms. The quantitative estimate of drug-likeness (QED) is 0.853. The van der Waals surface area contributed by atoms with Gasteiger partial charge in [0.2, 0.25) is 5.91 Å². The van der Waals surface area contributed by atoms with Crippen LogP contribution in [-0.2, 0) is 4.79 Å². The molecule has 1 saturated heterocycles. The van der Waals surface area contributed by atoms with Crippen molar-refractivity contribution in [3.8, 4) is 0 Å². The number of hydrogen-bond donors (Lipinski definition) is 1. The first kappa shape index (κ1) is 20.9. The van der Waals surface area contributed by atoms with Gasteiger partial charge in [0.1, 0.15) is 17.3 Å². The monoisotopic (exact) mass is 398 g/mol. The average molecular weight is 398 g/mol. The fraction of sp³-hybridized carbons (Fsp3) is 0.455. The molecule has 0 bridgehead atoms. The number of amides is 2. The number of pyridine rings is 2. The summed E-state index contributed by atoms with van der Waals surface area (Å²) in [6.07, 6.45) is 6.82. The molecule has 0 saturated carbocycles. The summed E-state index contributed by atoms with van der Waals surface area (Å²) < 4.78 is 13.6. The molecule has 29 heavy (non-hydrogen) atoms. The van der Waals surface area contributed by atoms with E-state index in [0.717, 1.165) is 37.8 Å². The van der Waals surface area contributed by atoms with Gasteiger partial charge in [-0.15, -0.1) is 0 Å². The molecular weight excluding hydrogens is 371 g/mol. The molecular formula is C22H27FN4O2. The zero-order valence-corrected chi connectivity index (χ0v) is 16.7. The van der Waals surface area contributed by atoms with Gasteiger partial charge in [-0.2, -0.15) is 0 Å². The third-order valence-electron chi connectivity index (χ3n) is 5.13. The van der Waals surface area contributed by atoms with Crippen LogP contribution in [0.2, 0.25) is 0 Å². The number of carbonyl (C=O) groups is 2. The van der Waals surface area contributed by atoms with Crippen molar-refractivity contribution in [1.29, 1.82) is 0 Å². The molecule has 1 aliphatic rings. The van der Waals surface area contributed by atoms with Crippen LogP contribution in [0, 0.1) is 12.7 Å². The lowest BCUT2D eigenvalue weighted by Crippen LogP contribution is -2.37. The topological polar surface area (TPSA) is 75.2 Å². The number of aromatic nitrogens is 2. The van der Waals surface area contributed by atoms with Crippen molar-refractivity contribution in [2.75, 3.05) is 11.4 Å². The number of anilines is 1. The molecule has 1 fully saturated rings. The number of carbonyl (C=O) groups excluding carboxylic acids is 2. The molecule has 3 rings (SSSR count). The first-order valence-corrected chi connectivity index (χ1v) is 10.2. The summed E-state index contributed by atoms with van der Waals surface area (Å²) in [5, 5.41) is 3.04. The molecule has 3 heterocycles. The summed E-state index contributed by atoms with van der Waals surface area (Å²) in [5.74, 6) is -0.380. The van der Waals surface area contributed by atoms with Crippen LogP contribution < -0.4 is 10.2 Å². The summed E-state index contributed by atoms with van der Waals surface area (Å²) in [6, 6.07) is 7.80. The van der Waals surface area contributed by atoms with Gasteiger partial charge in [0.05, 0.1) is 0 Å². The lowest BCUT2D eigenvalue weighted by Gasteiger charge is -2.23. The molecule has 154 valence electrons. The Bertz CT molecular complexity index is 858. The second-order valence-electron chi connectivity index (χ2n) is 7.45. The van der Waals surface area contributed by atoms with Crippen LogP contribution in [0.1, 0.15) is 61.1 Å². The van der Waals surface area contributed by atoms with Crippen LogP contribution in [0.15, 0.2) is 36.5 Å². The average Bonchev–Trinajstić information content (AvgIpc) is 2.74. The van der Waals surface area contributed by atoms with E-state index in [0.29, 0.717) is 24.5 Å². The standard InChI is InChI=1S/C22H27FN4O2/c1-16-7-6-9-19(25-16)22(29)26-18-8-4-2-3-5-14-27(21(28)11-10-18)20-15-17(23)12-13-24-20/h6-7,9,12-13,15,18H,2-5,8,10-11,14H2,1H3,(H,26,29)/t18-/m0/s1. The molecule has 2 amide bonds. The van der Waals surface area contributed by atoms with E-state index in [9.17, 15) is 14.0 Å². The molecule has 6 nitrogen and oxygen atoms in total. The number of nitrogens with one attached hydrogen (secondary N) is 1. The Morgan fingerprint density at radius 3 is 2.79 bits per heavy atom. The minimum Gasteiger partial charge on any atom is -0.348 e. The predicted molar refractivity (Wildman–Crippen MR) is 109 cm³/mol. The lowest BCUT2D eigenvalue weighted by molar-refractivity contribution is -0.118. The van der Waals surface area contributed by atoms with Gasteiger partial charge in [0.15, 0.2) is 0 Å². The highest BCUT2D eigenvalue weighted by molar-refractivity contribution is 5.93. The van der Waals surface area contributed by atoms with Crippen molar-refractivity contribution in [1.82, 2.24) is 15.3 Å². The Balaban J connectivity index is 1.68. The van der Waals surface area contributed by atoms with Crippen LogP contribution in [0.5, 0.6) is 0 Å². The highest BCUT2D eigenvalue weighted by Gasteiger charge is 2.21. The van der Waals surface area contributed by atoms with E-state index in [-0.39, 0.29) is 24.3 Å². The molecule has 0 aromatic carbocycles. The minimum atomic E-state index is -0.409. The van der Waals surface area contributed by atoms with Gasteiger partial charge < -0.3 is 5.32 Å². The maximum Gasteiger partial charge on any atom is 0.270 e. The van der Waals surface area contributed by atoms with Crippen LogP contribution in [0.4, 0.5) is 10.2 Å². The van der Waals surface area contributed by atoms with Gasteiger partial charge in [-0.1, -0.05) is 25.3 Å². The van der Waals surface area contributed by atoms with Gasteiger partial charge in [0.25, 0.3) is 5.91 Å². The smallest absolute Gasteiger partial charge is 0.270 e. The molecule has 1 N–H and O–H groups in total. The van der Waals surface area contributed by atoms with E-state index < -0.39 is 5.82 Å². The summed E-state index contributed by atoms with van der Waals surface area (Å²) in [4.78, 5) is 35.4. The number of halogens is 1. The van der Waals surface area contributed by atoms with Crippen LogP contribution in [0.25, 0.3) is 0 Å². The van der Waals surface area contributed by atoms with E-state index >= 15 is 0 Å². The number of rotatable bonds is 3. The van der Waals surface area contributed by atoms with Gasteiger partial charge in [-0.25, -0.2) is 14.4 Å².